The molecule has 1 aromatic heterocycles. The van der Waals surface area contributed by atoms with Crippen LogP contribution in [-0.4, -0.2) is 21.9 Å². The van der Waals surface area contributed by atoms with Gasteiger partial charge in [0.15, 0.2) is 11.5 Å². The number of nitrogens with zero attached hydrogens (tertiary/aromatic N) is 1. The van der Waals surface area contributed by atoms with Crippen molar-refractivity contribution in [1.82, 2.24) is 4.98 Å². The van der Waals surface area contributed by atoms with Gasteiger partial charge in [-0.1, -0.05) is 15.9 Å². The Labute approximate surface area is 99.8 Å². The number of carbonyl (C=O) groups is 2. The van der Waals surface area contributed by atoms with E-state index in [9.17, 15) is 9.59 Å². The highest BCUT2D eigenvalue weighted by atomic mass is 79.9. The van der Waals surface area contributed by atoms with E-state index in [1.165, 1.54) is 6.07 Å². The van der Waals surface area contributed by atoms with Crippen molar-refractivity contribution in [2.45, 2.75) is 6.92 Å². The van der Waals surface area contributed by atoms with E-state index < -0.39 is 11.6 Å². The van der Waals surface area contributed by atoms with Crippen molar-refractivity contribution in [3.05, 3.63) is 29.7 Å². The Morgan fingerprint density at radius 1 is 1.44 bits per heavy atom. The van der Waals surface area contributed by atoms with Crippen LogP contribution in [-0.2, 0) is 4.79 Å². The van der Waals surface area contributed by atoms with Gasteiger partial charge in [0.1, 0.15) is 5.52 Å². The third kappa shape index (κ3) is 1.90. The number of carbonyl (C=O) groups excluding carboxylic acids is 2. The summed E-state index contributed by atoms with van der Waals surface area (Å²) in [6.07, 6.45) is 0. The van der Waals surface area contributed by atoms with Crippen LogP contribution in [0.5, 0.6) is 0 Å². The van der Waals surface area contributed by atoms with E-state index >= 15 is 0 Å². The van der Waals surface area contributed by atoms with Crippen LogP contribution in [0.4, 0.5) is 0 Å². The molecule has 16 heavy (non-hydrogen) atoms. The predicted octanol–water partition coefficient (Wildman–Crippen LogP) is 2.28. The Balaban J connectivity index is 2.46. The van der Waals surface area contributed by atoms with Gasteiger partial charge in [-0.25, -0.2) is 4.98 Å². The Bertz CT molecular complexity index is 574. The largest absolute Gasteiger partial charge is 0.441 e. The first-order chi connectivity index (χ1) is 7.61. The molecule has 0 radical (unpaired) electrons. The van der Waals surface area contributed by atoms with Gasteiger partial charge in [-0.2, -0.15) is 0 Å². The third-order valence-corrected chi connectivity index (χ3v) is 2.64. The third-order valence-electron chi connectivity index (χ3n) is 2.13. The number of hydrogen-bond donors (Lipinski definition) is 0. The van der Waals surface area contributed by atoms with E-state index in [-0.39, 0.29) is 5.33 Å². The first-order valence-electron chi connectivity index (χ1n) is 4.62. The number of Topliss-reactive ketones (excluding diaryl/α,β-unsaturated/α-hetero) is 2. The maximum Gasteiger partial charge on any atom is 0.229 e. The molecule has 5 heteroatoms. The summed E-state index contributed by atoms with van der Waals surface area (Å²) >= 11 is 2.96. The zero-order valence-electron chi connectivity index (χ0n) is 8.49. The van der Waals surface area contributed by atoms with Gasteiger partial charge in [0.25, 0.3) is 0 Å². The molecule has 0 saturated carbocycles. The van der Waals surface area contributed by atoms with E-state index in [4.69, 9.17) is 4.42 Å². The predicted molar refractivity (Wildman–Crippen MR) is 61.9 cm³/mol. The van der Waals surface area contributed by atoms with Crippen LogP contribution in [0.2, 0.25) is 0 Å². The highest BCUT2D eigenvalue weighted by molar-refractivity contribution is 9.09. The van der Waals surface area contributed by atoms with Crippen LogP contribution in [0, 0.1) is 6.92 Å². The molecular weight excluding hydrogens is 274 g/mol. The zero-order chi connectivity index (χ0) is 11.7. The lowest BCUT2D eigenvalue weighted by molar-refractivity contribution is -0.112. The minimum absolute atomic E-state index is 0.0271. The zero-order valence-corrected chi connectivity index (χ0v) is 10.1. The van der Waals surface area contributed by atoms with Gasteiger partial charge < -0.3 is 4.42 Å². The Morgan fingerprint density at radius 3 is 2.88 bits per heavy atom. The molecule has 0 amide bonds. The van der Waals surface area contributed by atoms with Crippen LogP contribution in [0.15, 0.2) is 22.6 Å². The second-order valence-corrected chi connectivity index (χ2v) is 3.86. The Hall–Kier alpha value is -1.49. The molecule has 82 valence electrons. The Kier molecular flexibility index (Phi) is 2.87. The molecule has 0 N–H and O–H groups in total. The van der Waals surface area contributed by atoms with Crippen molar-refractivity contribution < 1.29 is 14.0 Å². The van der Waals surface area contributed by atoms with Crippen LogP contribution < -0.4 is 0 Å². The summed E-state index contributed by atoms with van der Waals surface area (Å²) in [6.45, 7) is 1.73. The highest BCUT2D eigenvalue weighted by Gasteiger charge is 2.16. The summed E-state index contributed by atoms with van der Waals surface area (Å²) in [7, 11) is 0. The summed E-state index contributed by atoms with van der Waals surface area (Å²) in [5.74, 6) is -0.463. The number of hydrogen-bond acceptors (Lipinski definition) is 4. The summed E-state index contributed by atoms with van der Waals surface area (Å²) in [5, 5.41) is 0.0271. The van der Waals surface area contributed by atoms with Crippen molar-refractivity contribution in [3.63, 3.8) is 0 Å². The van der Waals surface area contributed by atoms with Gasteiger partial charge >= 0.3 is 0 Å². The number of ketones is 2. The van der Waals surface area contributed by atoms with Gasteiger partial charge in [-0.3, -0.25) is 9.59 Å². The summed E-state index contributed by atoms with van der Waals surface area (Å²) in [4.78, 5) is 26.9. The number of oxazole rings is 1. The van der Waals surface area contributed by atoms with E-state index in [2.05, 4.69) is 20.9 Å². The monoisotopic (exact) mass is 281 g/mol. The average Bonchev–Trinajstić information content (AvgIpc) is 2.65. The van der Waals surface area contributed by atoms with Gasteiger partial charge in [0, 0.05) is 12.5 Å². The number of fused-ring (bicyclic) bond motifs is 1. The Morgan fingerprint density at radius 2 is 2.19 bits per heavy atom. The van der Waals surface area contributed by atoms with Crippen molar-refractivity contribution >= 4 is 38.6 Å². The van der Waals surface area contributed by atoms with E-state index in [1.807, 2.05) is 0 Å². The molecule has 0 fully saturated rings. The van der Waals surface area contributed by atoms with E-state index in [1.54, 1.807) is 19.1 Å². The number of aromatic nitrogens is 1. The second kappa shape index (κ2) is 4.17. The van der Waals surface area contributed by atoms with Gasteiger partial charge in [0.05, 0.1) is 5.33 Å². The fourth-order valence-corrected chi connectivity index (χ4v) is 1.66. The topological polar surface area (TPSA) is 60.2 Å². The molecule has 0 aliphatic rings. The van der Waals surface area contributed by atoms with Crippen molar-refractivity contribution in [2.75, 3.05) is 5.33 Å². The van der Waals surface area contributed by atoms with E-state index in [0.29, 0.717) is 22.6 Å². The molecule has 1 aromatic carbocycles. The molecule has 2 aromatic rings. The van der Waals surface area contributed by atoms with Crippen LogP contribution >= 0.6 is 15.9 Å². The van der Waals surface area contributed by atoms with Crippen LogP contribution in [0.1, 0.15) is 16.2 Å². The maximum absolute atomic E-state index is 11.6. The molecule has 2 rings (SSSR count). The lowest BCUT2D eigenvalue weighted by Gasteiger charge is -1.96. The second-order valence-electron chi connectivity index (χ2n) is 3.30. The number of benzene rings is 1. The normalized spacial score (nSPS) is 10.6. The molecule has 0 atom stereocenters. The summed E-state index contributed by atoms with van der Waals surface area (Å²) in [5.41, 5.74) is 1.53. The first-order valence-corrected chi connectivity index (χ1v) is 5.74. The van der Waals surface area contributed by atoms with E-state index in [0.717, 1.165) is 0 Å². The molecular formula is C11H8BrNO3. The number of rotatable bonds is 3. The maximum atomic E-state index is 11.6. The van der Waals surface area contributed by atoms with Crippen molar-refractivity contribution in [3.8, 4) is 0 Å². The SMILES string of the molecule is Cc1nc2ccc(C(=O)C(=O)CBr)cc2o1. The number of halogens is 1. The molecule has 0 aliphatic carbocycles. The quantitative estimate of drug-likeness (QED) is 0.492. The lowest BCUT2D eigenvalue weighted by Crippen LogP contribution is -2.14. The number of aryl methyl sites for hydroxylation is 1. The molecule has 0 bridgehead atoms. The minimum atomic E-state index is -0.521. The van der Waals surface area contributed by atoms with Crippen molar-refractivity contribution in [1.29, 1.82) is 0 Å². The fraction of sp³-hybridized carbons (Fsp3) is 0.182. The summed E-state index contributed by atoms with van der Waals surface area (Å²) < 4.78 is 5.29. The number of alkyl halides is 1. The van der Waals surface area contributed by atoms with Gasteiger partial charge in [-0.15, -0.1) is 0 Å². The molecule has 0 unspecified atom stereocenters. The van der Waals surface area contributed by atoms with Crippen LogP contribution in [0.25, 0.3) is 11.1 Å². The smallest absolute Gasteiger partial charge is 0.229 e. The molecule has 1 heterocycles. The molecule has 4 nitrogen and oxygen atoms in total. The lowest BCUT2D eigenvalue weighted by atomic mass is 10.1. The van der Waals surface area contributed by atoms with Crippen LogP contribution in [0.3, 0.4) is 0 Å². The first kappa shape index (κ1) is 11.0. The molecule has 0 saturated heterocycles. The highest BCUT2D eigenvalue weighted by Crippen LogP contribution is 2.17. The summed E-state index contributed by atoms with van der Waals surface area (Å²) in [6, 6.07) is 4.78. The average molecular weight is 282 g/mol. The molecule has 0 spiro atoms. The standard InChI is InChI=1S/C11H8BrNO3/c1-6-13-8-3-2-7(4-10(8)16-6)11(15)9(14)5-12/h2-4H,5H2,1H3. The van der Waals surface area contributed by atoms with Gasteiger partial charge in [0.2, 0.25) is 11.6 Å². The minimum Gasteiger partial charge on any atom is -0.441 e. The van der Waals surface area contributed by atoms with Crippen molar-refractivity contribution in [2.24, 2.45) is 0 Å². The van der Waals surface area contributed by atoms with Gasteiger partial charge in [-0.05, 0) is 18.2 Å². The fourth-order valence-electron chi connectivity index (χ4n) is 1.40. The molecule has 0 aliphatic heterocycles.